The van der Waals surface area contributed by atoms with Crippen LogP contribution in [-0.2, 0) is 0 Å². The summed E-state index contributed by atoms with van der Waals surface area (Å²) in [6.45, 7) is 4.27. The standard InChI is InChI=1S/C15H19N3OS2/c1-3-4-5-6-10(2)16-13(19)12-9-11-14(21-12)17-15-18(11)7-8-20-15/h7-10H,3-6H2,1-2H3,(H,16,19). The summed E-state index contributed by atoms with van der Waals surface area (Å²) in [5, 5.41) is 5.09. The first-order valence-corrected chi connectivity index (χ1v) is 9.04. The number of thiazole rings is 1. The Morgan fingerprint density at radius 3 is 3.14 bits per heavy atom. The second-order valence-electron chi connectivity index (χ2n) is 5.34. The molecule has 112 valence electrons. The molecule has 0 saturated heterocycles. The molecule has 1 atom stereocenters. The van der Waals surface area contributed by atoms with Crippen molar-refractivity contribution in [3.63, 3.8) is 0 Å². The van der Waals surface area contributed by atoms with Gasteiger partial charge in [0.15, 0.2) is 4.96 Å². The predicted octanol–water partition coefficient (Wildman–Crippen LogP) is 4.31. The van der Waals surface area contributed by atoms with E-state index in [2.05, 4.69) is 24.1 Å². The average molecular weight is 321 g/mol. The number of unbranched alkanes of at least 4 members (excludes halogenated alkanes) is 2. The number of carbonyl (C=O) groups is 1. The molecular weight excluding hydrogens is 302 g/mol. The highest BCUT2D eigenvalue weighted by Gasteiger charge is 2.16. The summed E-state index contributed by atoms with van der Waals surface area (Å²) in [5.74, 6) is 0.0194. The molecule has 4 nitrogen and oxygen atoms in total. The van der Waals surface area contributed by atoms with Gasteiger partial charge in [-0.3, -0.25) is 9.20 Å². The summed E-state index contributed by atoms with van der Waals surface area (Å²) in [6, 6.07) is 2.17. The molecule has 3 aromatic heterocycles. The topological polar surface area (TPSA) is 46.4 Å². The van der Waals surface area contributed by atoms with Gasteiger partial charge < -0.3 is 5.32 Å². The van der Waals surface area contributed by atoms with E-state index in [1.807, 2.05) is 22.0 Å². The number of imidazole rings is 1. The van der Waals surface area contributed by atoms with E-state index in [0.29, 0.717) is 0 Å². The number of hydrogen-bond acceptors (Lipinski definition) is 4. The van der Waals surface area contributed by atoms with E-state index < -0.39 is 0 Å². The van der Waals surface area contributed by atoms with Gasteiger partial charge in [-0.25, -0.2) is 4.98 Å². The fourth-order valence-electron chi connectivity index (χ4n) is 2.43. The molecule has 3 rings (SSSR count). The molecule has 0 aliphatic heterocycles. The van der Waals surface area contributed by atoms with E-state index in [-0.39, 0.29) is 11.9 Å². The molecule has 6 heteroatoms. The number of nitrogens with zero attached hydrogens (tertiary/aromatic N) is 2. The van der Waals surface area contributed by atoms with Crippen LogP contribution in [0.25, 0.3) is 15.3 Å². The van der Waals surface area contributed by atoms with E-state index in [0.717, 1.165) is 26.6 Å². The van der Waals surface area contributed by atoms with Gasteiger partial charge in [-0.05, 0) is 19.4 Å². The Labute approximate surface area is 131 Å². The Hall–Kier alpha value is -1.40. The van der Waals surface area contributed by atoms with Crippen LogP contribution in [0.4, 0.5) is 0 Å². The Morgan fingerprint density at radius 2 is 2.33 bits per heavy atom. The number of amides is 1. The van der Waals surface area contributed by atoms with Crippen LogP contribution in [-0.4, -0.2) is 21.3 Å². The molecule has 0 aliphatic rings. The average Bonchev–Trinajstić information content (AvgIpc) is 3.09. The molecule has 0 bridgehead atoms. The normalized spacial score (nSPS) is 13.0. The molecule has 1 unspecified atom stereocenters. The maximum atomic E-state index is 12.3. The Kier molecular flexibility index (Phi) is 4.26. The van der Waals surface area contributed by atoms with E-state index in [9.17, 15) is 4.79 Å². The number of aromatic nitrogens is 2. The molecule has 1 amide bonds. The number of thiophene rings is 1. The van der Waals surface area contributed by atoms with Gasteiger partial charge in [-0.1, -0.05) is 26.2 Å². The lowest BCUT2D eigenvalue weighted by molar-refractivity contribution is 0.0942. The van der Waals surface area contributed by atoms with Gasteiger partial charge in [0.05, 0.1) is 10.4 Å². The van der Waals surface area contributed by atoms with Crippen LogP contribution in [0.15, 0.2) is 17.6 Å². The van der Waals surface area contributed by atoms with Gasteiger partial charge >= 0.3 is 0 Å². The first-order valence-electron chi connectivity index (χ1n) is 7.35. The van der Waals surface area contributed by atoms with E-state index in [1.54, 1.807) is 11.3 Å². The van der Waals surface area contributed by atoms with Crippen molar-refractivity contribution in [1.82, 2.24) is 14.7 Å². The zero-order valence-electron chi connectivity index (χ0n) is 12.3. The van der Waals surface area contributed by atoms with Crippen molar-refractivity contribution in [2.75, 3.05) is 0 Å². The maximum Gasteiger partial charge on any atom is 0.261 e. The Bertz CT molecular complexity index is 755. The fourth-order valence-corrected chi connectivity index (χ4v) is 4.13. The molecule has 0 fully saturated rings. The monoisotopic (exact) mass is 321 g/mol. The maximum absolute atomic E-state index is 12.3. The minimum atomic E-state index is 0.0194. The van der Waals surface area contributed by atoms with E-state index >= 15 is 0 Å². The SMILES string of the molecule is CCCCCC(C)NC(=O)c1cc2c(nc3sccn32)s1. The summed E-state index contributed by atoms with van der Waals surface area (Å²) in [4.78, 5) is 19.5. The van der Waals surface area contributed by atoms with Crippen molar-refractivity contribution in [2.24, 2.45) is 0 Å². The third kappa shape index (κ3) is 2.96. The molecule has 0 spiro atoms. The van der Waals surface area contributed by atoms with Gasteiger partial charge in [0.2, 0.25) is 0 Å². The van der Waals surface area contributed by atoms with E-state index in [1.165, 1.54) is 30.6 Å². The van der Waals surface area contributed by atoms with Crippen molar-refractivity contribution in [3.05, 3.63) is 22.5 Å². The number of hydrogen-bond donors (Lipinski definition) is 1. The van der Waals surface area contributed by atoms with Crippen LogP contribution >= 0.6 is 22.7 Å². The van der Waals surface area contributed by atoms with Crippen LogP contribution in [0.1, 0.15) is 49.2 Å². The molecule has 0 aromatic carbocycles. The Morgan fingerprint density at radius 1 is 1.48 bits per heavy atom. The fraction of sp³-hybridized carbons (Fsp3) is 0.467. The predicted molar refractivity (Wildman–Crippen MR) is 89.5 cm³/mol. The number of fused-ring (bicyclic) bond motifs is 3. The highest BCUT2D eigenvalue weighted by molar-refractivity contribution is 7.21. The molecular formula is C15H19N3OS2. The molecule has 0 aliphatic carbocycles. The van der Waals surface area contributed by atoms with Gasteiger partial charge in [0.25, 0.3) is 5.91 Å². The number of carbonyl (C=O) groups excluding carboxylic acids is 1. The van der Waals surface area contributed by atoms with Crippen molar-refractivity contribution in [1.29, 1.82) is 0 Å². The van der Waals surface area contributed by atoms with Crippen molar-refractivity contribution in [2.45, 2.75) is 45.6 Å². The Balaban J connectivity index is 1.70. The van der Waals surface area contributed by atoms with Gasteiger partial charge in [0, 0.05) is 17.6 Å². The largest absolute Gasteiger partial charge is 0.349 e. The van der Waals surface area contributed by atoms with Crippen LogP contribution in [0.5, 0.6) is 0 Å². The molecule has 1 N–H and O–H groups in total. The molecule has 0 radical (unpaired) electrons. The summed E-state index contributed by atoms with van der Waals surface area (Å²) in [7, 11) is 0. The van der Waals surface area contributed by atoms with Gasteiger partial charge in [-0.2, -0.15) is 0 Å². The molecule has 3 heterocycles. The minimum absolute atomic E-state index is 0.0194. The second-order valence-corrected chi connectivity index (χ2v) is 7.24. The lowest BCUT2D eigenvalue weighted by Gasteiger charge is -2.12. The van der Waals surface area contributed by atoms with E-state index in [4.69, 9.17) is 0 Å². The third-order valence-electron chi connectivity index (χ3n) is 3.58. The smallest absolute Gasteiger partial charge is 0.261 e. The zero-order valence-corrected chi connectivity index (χ0v) is 13.9. The summed E-state index contributed by atoms with van der Waals surface area (Å²) < 4.78 is 2.04. The summed E-state index contributed by atoms with van der Waals surface area (Å²) >= 11 is 3.08. The quantitative estimate of drug-likeness (QED) is 0.688. The first-order chi connectivity index (χ1) is 10.2. The van der Waals surface area contributed by atoms with Crippen molar-refractivity contribution in [3.8, 4) is 0 Å². The first kappa shape index (κ1) is 14.5. The van der Waals surface area contributed by atoms with Gasteiger partial charge in [-0.15, -0.1) is 22.7 Å². The third-order valence-corrected chi connectivity index (χ3v) is 5.36. The second kappa shape index (κ2) is 6.15. The number of nitrogens with one attached hydrogen (secondary N) is 1. The van der Waals surface area contributed by atoms with Crippen LogP contribution < -0.4 is 5.32 Å². The van der Waals surface area contributed by atoms with Crippen LogP contribution in [0.3, 0.4) is 0 Å². The highest BCUT2D eigenvalue weighted by atomic mass is 32.1. The summed E-state index contributed by atoms with van der Waals surface area (Å²) in [5.41, 5.74) is 1.03. The minimum Gasteiger partial charge on any atom is -0.349 e. The molecule has 0 saturated carbocycles. The van der Waals surface area contributed by atoms with Crippen LogP contribution in [0, 0.1) is 0 Å². The van der Waals surface area contributed by atoms with Crippen LogP contribution in [0.2, 0.25) is 0 Å². The zero-order chi connectivity index (χ0) is 14.8. The lowest BCUT2D eigenvalue weighted by Crippen LogP contribution is -2.31. The van der Waals surface area contributed by atoms with Crippen molar-refractivity contribution >= 4 is 43.9 Å². The summed E-state index contributed by atoms with van der Waals surface area (Å²) in [6.07, 6.45) is 6.64. The van der Waals surface area contributed by atoms with Gasteiger partial charge in [0.1, 0.15) is 4.83 Å². The highest BCUT2D eigenvalue weighted by Crippen LogP contribution is 2.28. The lowest BCUT2D eigenvalue weighted by atomic mass is 10.1. The molecule has 3 aromatic rings. The number of rotatable bonds is 6. The van der Waals surface area contributed by atoms with Crippen molar-refractivity contribution < 1.29 is 4.79 Å². The molecule has 21 heavy (non-hydrogen) atoms.